The van der Waals surface area contributed by atoms with Crippen molar-refractivity contribution in [1.29, 1.82) is 0 Å². The van der Waals surface area contributed by atoms with Gasteiger partial charge in [0.05, 0.1) is 13.2 Å². The quantitative estimate of drug-likeness (QED) is 0.00889. The van der Waals surface area contributed by atoms with Crippen molar-refractivity contribution in [2.75, 3.05) is 26.4 Å². The van der Waals surface area contributed by atoms with Gasteiger partial charge in [-0.1, -0.05) is 302 Å². The van der Waals surface area contributed by atoms with Gasteiger partial charge in [-0.25, -0.2) is 4.57 Å². The molecule has 18 atom stereocenters. The van der Waals surface area contributed by atoms with Crippen LogP contribution in [0.4, 0.5) is 0 Å². The standard InChI is InChI=1S/C88H161O25P/c1-5-9-13-17-21-25-29-33-34-35-39-41-45-49-53-57-61-72(91)105-67-70-76(95)78(97)82(101)88(109-70)112-85-83(110-74(93)63-59-55-51-47-43-38-32-28-24-20-16-12-8-4)79(98)80(99)84(111-87-81(100)77(96)75(94)69(64-89)108-87)86(85)113-114(102,103)106-66-68(107-73(92)62-58-54-50-46-42-37-31-27-23-19-15-11-7-3)65-104-71(90)60-56-52-48-44-40-36-30-26-22-18-14-10-6-2/h37-38,42-43,68-70,75-89,94-101H,5-36,39-41,44-67H2,1-4H3,(H,102,103)/b42-37-,43-38-. The highest BCUT2D eigenvalue weighted by atomic mass is 31.2. The van der Waals surface area contributed by atoms with Gasteiger partial charge < -0.3 is 88.7 Å². The number of phosphoric acid groups is 1. The van der Waals surface area contributed by atoms with Crippen molar-refractivity contribution >= 4 is 31.7 Å². The van der Waals surface area contributed by atoms with Gasteiger partial charge in [-0.3, -0.25) is 28.2 Å². The summed E-state index contributed by atoms with van der Waals surface area (Å²) in [6.45, 7) is 5.54. The van der Waals surface area contributed by atoms with Crippen LogP contribution in [0.5, 0.6) is 0 Å². The Labute approximate surface area is 685 Å². The van der Waals surface area contributed by atoms with Crippen molar-refractivity contribution in [2.45, 2.75) is 485 Å². The summed E-state index contributed by atoms with van der Waals surface area (Å²) in [5.74, 6) is -3.00. The third kappa shape index (κ3) is 47.8. The van der Waals surface area contributed by atoms with Crippen LogP contribution in [0.15, 0.2) is 24.3 Å². The minimum absolute atomic E-state index is 0.0156. The van der Waals surface area contributed by atoms with Crippen LogP contribution in [0, 0.1) is 0 Å². The minimum Gasteiger partial charge on any atom is -0.463 e. The molecule has 2 heterocycles. The van der Waals surface area contributed by atoms with Crippen molar-refractivity contribution in [3.05, 3.63) is 24.3 Å². The summed E-state index contributed by atoms with van der Waals surface area (Å²) in [4.78, 5) is 66.3. The molecule has 668 valence electrons. The van der Waals surface area contributed by atoms with E-state index in [0.717, 1.165) is 116 Å². The molecule has 0 bridgehead atoms. The Morgan fingerprint density at radius 1 is 0.342 bits per heavy atom. The lowest BCUT2D eigenvalue weighted by Crippen LogP contribution is -2.70. The van der Waals surface area contributed by atoms with Gasteiger partial charge in [0.15, 0.2) is 24.8 Å². The molecule has 18 unspecified atom stereocenters. The second-order valence-electron chi connectivity index (χ2n) is 32.5. The molecule has 0 aromatic rings. The SMILES string of the molecule is CCCCCCCC/C=C\CCCCCC(=O)OC(COC(=O)CCCCCCCCCCCCCCC)COP(=O)(O)OC1C(OC2OC(CO)C(O)C(O)C2O)C(O)C(O)C(OC(=O)CCCCC/C=C\CCCCCCCC)C1OC1OC(COC(=O)CCCCCCCCCCCCCCCCCC)C(O)C(O)C1O. The molecule has 3 aliphatic rings. The van der Waals surface area contributed by atoms with Crippen LogP contribution in [0.3, 0.4) is 0 Å². The molecule has 25 nitrogen and oxygen atoms in total. The number of unbranched alkanes of at least 4 members (excludes halogenated alkanes) is 45. The first kappa shape index (κ1) is 105. The molecule has 2 aliphatic heterocycles. The predicted molar refractivity (Wildman–Crippen MR) is 439 cm³/mol. The fourth-order valence-corrected chi connectivity index (χ4v) is 15.9. The lowest BCUT2D eigenvalue weighted by molar-refractivity contribution is -0.360. The average molecular weight is 1650 g/mol. The van der Waals surface area contributed by atoms with Crippen LogP contribution in [0.2, 0.25) is 0 Å². The van der Waals surface area contributed by atoms with Crippen molar-refractivity contribution < 1.29 is 122 Å². The molecule has 1 aliphatic carbocycles. The fraction of sp³-hybridized carbons (Fsp3) is 0.909. The van der Waals surface area contributed by atoms with Gasteiger partial charge in [0.2, 0.25) is 0 Å². The monoisotopic (exact) mass is 1650 g/mol. The third-order valence-electron chi connectivity index (χ3n) is 22.2. The Morgan fingerprint density at radius 2 is 0.658 bits per heavy atom. The second kappa shape index (κ2) is 67.6. The van der Waals surface area contributed by atoms with Crippen LogP contribution >= 0.6 is 7.82 Å². The van der Waals surface area contributed by atoms with Gasteiger partial charge >= 0.3 is 31.7 Å². The van der Waals surface area contributed by atoms with E-state index < -0.39 is 162 Å². The number of phosphoric ester groups is 1. The average Bonchev–Trinajstić information content (AvgIpc) is 0.754. The number of esters is 4. The zero-order valence-electron chi connectivity index (χ0n) is 70.9. The van der Waals surface area contributed by atoms with Gasteiger partial charge in [0.1, 0.15) is 92.6 Å². The van der Waals surface area contributed by atoms with E-state index >= 15 is 0 Å². The number of ether oxygens (including phenoxy) is 8. The number of carbonyl (C=O) groups is 4. The molecule has 0 amide bonds. The van der Waals surface area contributed by atoms with E-state index in [1.54, 1.807) is 0 Å². The summed E-state index contributed by atoms with van der Waals surface area (Å²) in [6, 6.07) is 0. The second-order valence-corrected chi connectivity index (χ2v) is 33.9. The molecule has 114 heavy (non-hydrogen) atoms. The number of hydrogen-bond acceptors (Lipinski definition) is 24. The zero-order valence-corrected chi connectivity index (χ0v) is 71.8. The molecule has 3 rings (SSSR count). The molecule has 0 spiro atoms. The maximum atomic E-state index is 14.9. The zero-order chi connectivity index (χ0) is 83.2. The van der Waals surface area contributed by atoms with Gasteiger partial charge in [-0.15, -0.1) is 0 Å². The molecule has 1 saturated carbocycles. The predicted octanol–water partition coefficient (Wildman–Crippen LogP) is 16.2. The molecular weight excluding hydrogens is 1490 g/mol. The largest absolute Gasteiger partial charge is 0.472 e. The van der Waals surface area contributed by atoms with E-state index in [4.69, 9.17) is 46.9 Å². The Balaban J connectivity index is 1.93. The first-order valence-electron chi connectivity index (χ1n) is 45.6. The van der Waals surface area contributed by atoms with Crippen molar-refractivity contribution in [1.82, 2.24) is 0 Å². The lowest BCUT2D eigenvalue weighted by atomic mass is 9.84. The van der Waals surface area contributed by atoms with Gasteiger partial charge in [0, 0.05) is 25.7 Å². The van der Waals surface area contributed by atoms with Gasteiger partial charge in [-0.05, 0) is 77.0 Å². The molecular formula is C88H161O25P. The Bertz CT molecular complexity index is 2480. The van der Waals surface area contributed by atoms with Gasteiger partial charge in [0.25, 0.3) is 0 Å². The first-order valence-corrected chi connectivity index (χ1v) is 47.1. The van der Waals surface area contributed by atoms with E-state index in [1.165, 1.54) is 167 Å². The molecule has 0 aromatic heterocycles. The Morgan fingerprint density at radius 3 is 1.05 bits per heavy atom. The smallest absolute Gasteiger partial charge is 0.463 e. The highest BCUT2D eigenvalue weighted by Crippen LogP contribution is 2.49. The summed E-state index contributed by atoms with van der Waals surface area (Å²) in [5.41, 5.74) is 0. The van der Waals surface area contributed by atoms with E-state index in [9.17, 15) is 74.6 Å². The summed E-state index contributed by atoms with van der Waals surface area (Å²) in [5, 5.41) is 102. The number of aliphatic hydroxyl groups is 9. The maximum Gasteiger partial charge on any atom is 0.472 e. The normalized spacial score (nSPS) is 25.5. The Hall–Kier alpha value is -3.05. The fourth-order valence-electron chi connectivity index (χ4n) is 14.9. The van der Waals surface area contributed by atoms with Crippen molar-refractivity contribution in [3.8, 4) is 0 Å². The third-order valence-corrected chi connectivity index (χ3v) is 23.2. The number of rotatable bonds is 73. The number of carbonyl (C=O) groups excluding carboxylic acids is 4. The van der Waals surface area contributed by atoms with Crippen LogP contribution in [-0.4, -0.2) is 205 Å². The first-order chi connectivity index (χ1) is 55.2. The van der Waals surface area contributed by atoms with Crippen LogP contribution in [0.1, 0.15) is 381 Å². The lowest BCUT2D eigenvalue weighted by Gasteiger charge is -2.50. The molecule has 10 N–H and O–H groups in total. The number of hydrogen-bond donors (Lipinski definition) is 10. The Kier molecular flexibility index (Phi) is 62.3. The van der Waals surface area contributed by atoms with E-state index in [2.05, 4.69) is 52.0 Å². The number of allylic oxidation sites excluding steroid dienone is 4. The van der Waals surface area contributed by atoms with Crippen LogP contribution in [0.25, 0.3) is 0 Å². The van der Waals surface area contributed by atoms with Crippen LogP contribution < -0.4 is 0 Å². The maximum absolute atomic E-state index is 14.9. The van der Waals surface area contributed by atoms with Crippen LogP contribution in [-0.2, 0) is 70.7 Å². The highest BCUT2D eigenvalue weighted by molar-refractivity contribution is 7.47. The molecule has 2 saturated heterocycles. The van der Waals surface area contributed by atoms with Gasteiger partial charge in [-0.2, -0.15) is 0 Å². The van der Waals surface area contributed by atoms with E-state index in [1.807, 2.05) is 0 Å². The van der Waals surface area contributed by atoms with Crippen molar-refractivity contribution in [2.24, 2.45) is 0 Å². The molecule has 3 fully saturated rings. The topological polar surface area (TPSA) is 380 Å². The summed E-state index contributed by atoms with van der Waals surface area (Å²) >= 11 is 0. The van der Waals surface area contributed by atoms with E-state index in [0.29, 0.717) is 38.5 Å². The molecule has 0 radical (unpaired) electrons. The van der Waals surface area contributed by atoms with E-state index in [-0.39, 0.29) is 32.1 Å². The summed E-state index contributed by atoms with van der Waals surface area (Å²) in [6.07, 6.45) is 26.3. The highest BCUT2D eigenvalue weighted by Gasteiger charge is 2.60. The van der Waals surface area contributed by atoms with Crippen molar-refractivity contribution in [3.63, 3.8) is 0 Å². The molecule has 26 heteroatoms. The number of aliphatic hydroxyl groups excluding tert-OH is 9. The minimum atomic E-state index is -5.81. The molecule has 0 aromatic carbocycles. The summed E-state index contributed by atoms with van der Waals surface area (Å²) in [7, 11) is -5.81. The summed E-state index contributed by atoms with van der Waals surface area (Å²) < 4.78 is 73.2.